The highest BCUT2D eigenvalue weighted by atomic mass is 16.6. The molecule has 0 saturated heterocycles. The first kappa shape index (κ1) is 73.8. The average molecular weight is 1080 g/mol. The molecule has 0 aromatic carbocycles. The molecular weight excluding hydrogens is 961 g/mol. The Balaban J connectivity index is 4.22. The fraction of sp³-hybridized carbons (Fsp3) is 0.681. The molecule has 6 heteroatoms. The smallest absolute Gasteiger partial charge is 0.306 e. The second-order valence-electron chi connectivity index (χ2n) is 21.3. The van der Waals surface area contributed by atoms with Gasteiger partial charge in [-0.05, 0) is 116 Å². The summed E-state index contributed by atoms with van der Waals surface area (Å²) in [6, 6.07) is 0. The number of esters is 3. The van der Waals surface area contributed by atoms with E-state index in [9.17, 15) is 14.4 Å². The third-order valence-corrected chi connectivity index (χ3v) is 13.7. The molecule has 0 bridgehead atoms. The van der Waals surface area contributed by atoms with E-state index in [2.05, 4.69) is 142 Å². The molecule has 0 rings (SSSR count). The first-order chi connectivity index (χ1) is 38.5. The first-order valence-electron chi connectivity index (χ1n) is 32.5. The lowest BCUT2D eigenvalue weighted by molar-refractivity contribution is -0.167. The maximum Gasteiger partial charge on any atom is 0.306 e. The second kappa shape index (κ2) is 65.3. The number of hydrogen-bond donors (Lipinski definition) is 0. The molecule has 0 aliphatic heterocycles. The summed E-state index contributed by atoms with van der Waals surface area (Å²) < 4.78 is 16.9. The van der Waals surface area contributed by atoms with E-state index in [4.69, 9.17) is 14.2 Å². The van der Waals surface area contributed by atoms with Crippen LogP contribution >= 0.6 is 0 Å². The standard InChI is InChI=1S/C72H120O6/c1-4-7-10-13-16-19-22-24-26-27-28-29-30-31-32-33-34-35-36-37-38-39-40-41-42-43-44-45-46-48-50-53-56-59-62-65-71(74)77-68-69(67-76-70(73)64-61-58-55-52-49-21-18-15-12-9-6-3)78-72(75)66-63-60-57-54-51-47-25-23-20-17-14-11-8-5-2/h7,10,16,19,23-26,28-29,31-32,34-35,37-38,40-41,43-44,69H,4-6,8-9,11-15,17-18,20-22,27,30,33,36,39,42,45-68H2,1-3H3/b10-7-,19-16-,25-23-,26-24-,29-28-,32-31-,35-34-,38-37-,41-40-,44-43-. The Bertz CT molecular complexity index is 1620. The summed E-state index contributed by atoms with van der Waals surface area (Å²) in [5.74, 6) is -0.900. The molecule has 1 atom stereocenters. The van der Waals surface area contributed by atoms with E-state index < -0.39 is 6.10 Å². The van der Waals surface area contributed by atoms with Crippen LogP contribution in [0.25, 0.3) is 0 Å². The molecule has 0 saturated carbocycles. The predicted octanol–water partition coefficient (Wildman–Crippen LogP) is 22.4. The van der Waals surface area contributed by atoms with Gasteiger partial charge in [-0.1, -0.05) is 284 Å². The largest absolute Gasteiger partial charge is 0.462 e. The number of allylic oxidation sites excluding steroid dienone is 20. The van der Waals surface area contributed by atoms with Crippen LogP contribution in [0.1, 0.15) is 297 Å². The van der Waals surface area contributed by atoms with Crippen LogP contribution in [0.5, 0.6) is 0 Å². The van der Waals surface area contributed by atoms with E-state index in [0.717, 1.165) is 135 Å². The number of carbonyl (C=O) groups excluding carboxylic acids is 3. The van der Waals surface area contributed by atoms with Crippen molar-refractivity contribution in [2.24, 2.45) is 0 Å². The van der Waals surface area contributed by atoms with Gasteiger partial charge in [0.2, 0.25) is 0 Å². The Morgan fingerprint density at radius 1 is 0.269 bits per heavy atom. The monoisotopic (exact) mass is 1080 g/mol. The molecule has 6 nitrogen and oxygen atoms in total. The van der Waals surface area contributed by atoms with Gasteiger partial charge in [0, 0.05) is 19.3 Å². The molecule has 0 N–H and O–H groups in total. The predicted molar refractivity (Wildman–Crippen MR) is 339 cm³/mol. The highest BCUT2D eigenvalue weighted by Gasteiger charge is 2.19. The lowest BCUT2D eigenvalue weighted by Crippen LogP contribution is -2.30. The summed E-state index contributed by atoms with van der Waals surface area (Å²) in [5.41, 5.74) is 0. The van der Waals surface area contributed by atoms with E-state index in [0.29, 0.717) is 19.3 Å². The summed E-state index contributed by atoms with van der Waals surface area (Å²) in [5, 5.41) is 0. The van der Waals surface area contributed by atoms with Crippen LogP contribution in [-0.4, -0.2) is 37.2 Å². The molecule has 0 spiro atoms. The van der Waals surface area contributed by atoms with Gasteiger partial charge in [-0.15, -0.1) is 0 Å². The molecule has 0 aliphatic carbocycles. The number of carbonyl (C=O) groups is 3. The van der Waals surface area contributed by atoms with Crippen molar-refractivity contribution in [2.45, 2.75) is 303 Å². The molecule has 444 valence electrons. The van der Waals surface area contributed by atoms with Crippen molar-refractivity contribution >= 4 is 17.9 Å². The molecule has 78 heavy (non-hydrogen) atoms. The normalized spacial score (nSPS) is 12.9. The molecule has 0 aromatic heterocycles. The van der Waals surface area contributed by atoms with Gasteiger partial charge in [0.25, 0.3) is 0 Å². The number of ether oxygens (including phenoxy) is 3. The number of rotatable bonds is 58. The summed E-state index contributed by atoms with van der Waals surface area (Å²) in [4.78, 5) is 38.2. The van der Waals surface area contributed by atoms with Crippen molar-refractivity contribution in [3.8, 4) is 0 Å². The fourth-order valence-corrected chi connectivity index (χ4v) is 8.84. The van der Waals surface area contributed by atoms with E-state index in [1.54, 1.807) is 0 Å². The van der Waals surface area contributed by atoms with Crippen LogP contribution in [0.4, 0.5) is 0 Å². The first-order valence-corrected chi connectivity index (χ1v) is 32.5. The summed E-state index contributed by atoms with van der Waals surface area (Å²) in [6.45, 7) is 6.50. The van der Waals surface area contributed by atoms with Gasteiger partial charge in [-0.25, -0.2) is 0 Å². The van der Waals surface area contributed by atoms with Crippen LogP contribution in [0, 0.1) is 0 Å². The van der Waals surface area contributed by atoms with Gasteiger partial charge in [0.15, 0.2) is 6.10 Å². The van der Waals surface area contributed by atoms with Gasteiger partial charge >= 0.3 is 17.9 Å². The average Bonchev–Trinajstić information content (AvgIpc) is 3.44. The van der Waals surface area contributed by atoms with Crippen molar-refractivity contribution in [3.63, 3.8) is 0 Å². The Morgan fingerprint density at radius 2 is 0.500 bits per heavy atom. The highest BCUT2D eigenvalue weighted by molar-refractivity contribution is 5.71. The van der Waals surface area contributed by atoms with E-state index in [1.165, 1.54) is 122 Å². The van der Waals surface area contributed by atoms with E-state index in [-0.39, 0.29) is 31.1 Å². The van der Waals surface area contributed by atoms with Crippen LogP contribution in [-0.2, 0) is 28.6 Å². The van der Waals surface area contributed by atoms with Crippen molar-refractivity contribution in [1.29, 1.82) is 0 Å². The summed E-state index contributed by atoms with van der Waals surface area (Å²) in [7, 11) is 0. The van der Waals surface area contributed by atoms with E-state index >= 15 is 0 Å². The van der Waals surface area contributed by atoms with Crippen molar-refractivity contribution in [1.82, 2.24) is 0 Å². The van der Waals surface area contributed by atoms with Crippen molar-refractivity contribution in [3.05, 3.63) is 122 Å². The quantitative estimate of drug-likeness (QED) is 0.0261. The third-order valence-electron chi connectivity index (χ3n) is 13.7. The minimum atomic E-state index is -0.787. The molecule has 0 heterocycles. The van der Waals surface area contributed by atoms with Crippen LogP contribution in [0.2, 0.25) is 0 Å². The zero-order chi connectivity index (χ0) is 56.4. The summed E-state index contributed by atoms with van der Waals surface area (Å²) in [6.07, 6.45) is 90.7. The van der Waals surface area contributed by atoms with Gasteiger partial charge in [-0.2, -0.15) is 0 Å². The SMILES string of the molecule is CC/C=C\C/C=C\C/C=C\C/C=C\C/C=C\C/C=C\C/C=C\C/C=C\C/C=C\CCCCCCCCCC(=O)OCC(COC(=O)CCCCCCCCCCCCC)OC(=O)CCCCCCC/C=C\CCCCCCC. The Hall–Kier alpha value is -4.19. The topological polar surface area (TPSA) is 78.9 Å². The molecule has 0 amide bonds. The molecule has 0 aromatic rings. The van der Waals surface area contributed by atoms with E-state index in [1.807, 2.05) is 0 Å². The zero-order valence-electron chi connectivity index (χ0n) is 50.9. The summed E-state index contributed by atoms with van der Waals surface area (Å²) >= 11 is 0. The van der Waals surface area contributed by atoms with Crippen LogP contribution in [0.3, 0.4) is 0 Å². The molecule has 0 radical (unpaired) electrons. The van der Waals surface area contributed by atoms with Gasteiger partial charge in [-0.3, -0.25) is 14.4 Å². The highest BCUT2D eigenvalue weighted by Crippen LogP contribution is 2.15. The Labute approximate surface area is 482 Å². The number of hydrogen-bond acceptors (Lipinski definition) is 6. The molecule has 0 aliphatic rings. The fourth-order valence-electron chi connectivity index (χ4n) is 8.84. The third kappa shape index (κ3) is 62.7. The van der Waals surface area contributed by atoms with Crippen molar-refractivity contribution in [2.75, 3.05) is 13.2 Å². The lowest BCUT2D eigenvalue weighted by Gasteiger charge is -2.18. The van der Waals surface area contributed by atoms with Gasteiger partial charge in [0.1, 0.15) is 13.2 Å². The lowest BCUT2D eigenvalue weighted by atomic mass is 10.1. The van der Waals surface area contributed by atoms with Gasteiger partial charge in [0.05, 0.1) is 0 Å². The molecule has 0 fully saturated rings. The van der Waals surface area contributed by atoms with Crippen molar-refractivity contribution < 1.29 is 28.6 Å². The Morgan fingerprint density at radius 3 is 0.795 bits per heavy atom. The number of unbranched alkanes of at least 4 members (excludes halogenated alkanes) is 27. The molecular formula is C72H120O6. The minimum Gasteiger partial charge on any atom is -0.462 e. The van der Waals surface area contributed by atoms with Crippen LogP contribution < -0.4 is 0 Å². The zero-order valence-corrected chi connectivity index (χ0v) is 50.9. The Kier molecular flexibility index (Phi) is 61.8. The van der Waals surface area contributed by atoms with Crippen LogP contribution in [0.15, 0.2) is 122 Å². The maximum absolute atomic E-state index is 12.9. The maximum atomic E-state index is 12.9. The van der Waals surface area contributed by atoms with Gasteiger partial charge < -0.3 is 14.2 Å². The minimum absolute atomic E-state index is 0.0832. The second-order valence-corrected chi connectivity index (χ2v) is 21.3. The molecule has 1 unspecified atom stereocenters.